The van der Waals surface area contributed by atoms with Crippen LogP contribution in [0.2, 0.25) is 0 Å². The van der Waals surface area contributed by atoms with Crippen LogP contribution in [0.4, 0.5) is 0 Å². The topological polar surface area (TPSA) is 38.8 Å². The molecule has 0 saturated heterocycles. The van der Waals surface area contributed by atoms with Gasteiger partial charge in [0, 0.05) is 0 Å². The quantitative estimate of drug-likeness (QED) is 0.596. The normalized spacial score (nSPS) is 11.0. The Balaban J connectivity index is 2.11. The van der Waals surface area contributed by atoms with E-state index in [9.17, 15) is 4.79 Å². The Morgan fingerprint density at radius 2 is 2.10 bits per heavy atom. The molecule has 0 unspecified atom stereocenters. The molecular weight excluding hydrogens is 321 g/mol. The summed E-state index contributed by atoms with van der Waals surface area (Å²) in [7, 11) is 4.04. The summed E-state index contributed by atoms with van der Waals surface area (Å²) in [6, 6.07) is 7.92. The van der Waals surface area contributed by atoms with Crippen molar-refractivity contribution in [2.45, 2.75) is 6.92 Å². The molecule has 0 aliphatic heterocycles. The molecule has 0 spiro atoms. The Kier molecular flexibility index (Phi) is 5.23. The number of hydrogen-bond donors (Lipinski definition) is 0. The predicted molar refractivity (Wildman–Crippen MR) is 80.9 cm³/mol. The van der Waals surface area contributed by atoms with E-state index in [-0.39, 0.29) is 20.5 Å². The number of hydrogen-bond acceptors (Lipinski definition) is 4. The second-order valence-electron chi connectivity index (χ2n) is 4.68. The SMILES string of the molecule is CCOC(=O)c1cc2ccc(OCCN(C)C)cc2[se]1. The molecule has 2 aromatic rings. The molecule has 2 rings (SSSR count). The van der Waals surface area contributed by atoms with Crippen molar-refractivity contribution in [3.63, 3.8) is 0 Å². The van der Waals surface area contributed by atoms with E-state index in [4.69, 9.17) is 9.47 Å². The Morgan fingerprint density at radius 3 is 2.80 bits per heavy atom. The first-order valence-electron chi connectivity index (χ1n) is 6.58. The van der Waals surface area contributed by atoms with Gasteiger partial charge in [-0.2, -0.15) is 0 Å². The fourth-order valence-corrected chi connectivity index (χ4v) is 3.82. The maximum atomic E-state index is 11.7. The number of likely N-dealkylation sites (N-methyl/N-ethyl adjacent to an activating group) is 1. The van der Waals surface area contributed by atoms with E-state index in [1.807, 2.05) is 45.3 Å². The molecule has 0 amide bonds. The van der Waals surface area contributed by atoms with Crippen molar-refractivity contribution < 1.29 is 14.3 Å². The van der Waals surface area contributed by atoms with Crippen LogP contribution in [0.25, 0.3) is 9.65 Å². The van der Waals surface area contributed by atoms with Gasteiger partial charge in [-0.15, -0.1) is 0 Å². The molecule has 0 atom stereocenters. The van der Waals surface area contributed by atoms with E-state index in [0.717, 1.165) is 22.1 Å². The molecule has 5 heteroatoms. The average molecular weight is 340 g/mol. The van der Waals surface area contributed by atoms with E-state index in [2.05, 4.69) is 4.90 Å². The number of rotatable bonds is 6. The molecule has 0 radical (unpaired) electrons. The predicted octanol–water partition coefficient (Wildman–Crippen LogP) is 2.01. The van der Waals surface area contributed by atoms with Crippen molar-refractivity contribution in [3.8, 4) is 5.75 Å². The van der Waals surface area contributed by atoms with Crippen LogP contribution in [0, 0.1) is 0 Å². The first-order chi connectivity index (χ1) is 9.60. The monoisotopic (exact) mass is 341 g/mol. The summed E-state index contributed by atoms with van der Waals surface area (Å²) in [5, 5.41) is 1.10. The van der Waals surface area contributed by atoms with Crippen molar-refractivity contribution in [2.24, 2.45) is 0 Å². The summed E-state index contributed by atoms with van der Waals surface area (Å²) in [5.41, 5.74) is 0. The molecule has 20 heavy (non-hydrogen) atoms. The minimum absolute atomic E-state index is 0.0164. The van der Waals surface area contributed by atoms with Crippen LogP contribution in [-0.4, -0.2) is 59.2 Å². The van der Waals surface area contributed by atoms with Crippen molar-refractivity contribution in [2.75, 3.05) is 33.9 Å². The fraction of sp³-hybridized carbons (Fsp3) is 0.400. The summed E-state index contributed by atoms with van der Waals surface area (Å²) >= 11 is 0.0164. The van der Waals surface area contributed by atoms with Crippen LogP contribution < -0.4 is 4.74 Å². The third-order valence-electron chi connectivity index (χ3n) is 2.78. The van der Waals surface area contributed by atoms with Crippen LogP contribution in [0.3, 0.4) is 0 Å². The summed E-state index contributed by atoms with van der Waals surface area (Å²) in [5.74, 6) is 0.671. The minimum atomic E-state index is -0.196. The fourth-order valence-electron chi connectivity index (χ4n) is 1.75. The Bertz CT molecular complexity index is 592. The van der Waals surface area contributed by atoms with Crippen LogP contribution in [0.15, 0.2) is 24.3 Å². The van der Waals surface area contributed by atoms with Gasteiger partial charge in [-0.1, -0.05) is 0 Å². The number of benzene rings is 1. The molecular formula is C15H19NO3Se. The van der Waals surface area contributed by atoms with Gasteiger partial charge in [0.05, 0.1) is 0 Å². The Labute approximate surface area is 125 Å². The van der Waals surface area contributed by atoms with Crippen molar-refractivity contribution in [1.29, 1.82) is 0 Å². The summed E-state index contributed by atoms with van der Waals surface area (Å²) in [6.45, 7) is 3.79. The van der Waals surface area contributed by atoms with E-state index in [1.165, 1.54) is 4.26 Å². The molecule has 4 nitrogen and oxygen atoms in total. The van der Waals surface area contributed by atoms with E-state index < -0.39 is 0 Å². The van der Waals surface area contributed by atoms with Crippen LogP contribution in [0.5, 0.6) is 5.75 Å². The van der Waals surface area contributed by atoms with Gasteiger partial charge in [0.1, 0.15) is 0 Å². The second-order valence-corrected chi connectivity index (χ2v) is 6.96. The first kappa shape index (κ1) is 15.1. The molecule has 0 aliphatic rings. The number of esters is 1. The van der Waals surface area contributed by atoms with Gasteiger partial charge in [0.15, 0.2) is 0 Å². The zero-order chi connectivity index (χ0) is 14.5. The van der Waals surface area contributed by atoms with Crippen LogP contribution >= 0.6 is 0 Å². The molecule has 0 fully saturated rings. The molecule has 1 aromatic carbocycles. The number of nitrogens with zero attached hydrogens (tertiary/aromatic N) is 1. The van der Waals surface area contributed by atoms with Crippen molar-refractivity contribution in [1.82, 2.24) is 4.90 Å². The Morgan fingerprint density at radius 1 is 1.30 bits per heavy atom. The third kappa shape index (κ3) is 3.85. The van der Waals surface area contributed by atoms with Gasteiger partial charge in [-0.05, 0) is 0 Å². The molecule has 108 valence electrons. The van der Waals surface area contributed by atoms with E-state index in [0.29, 0.717) is 13.2 Å². The van der Waals surface area contributed by atoms with Gasteiger partial charge in [-0.25, -0.2) is 0 Å². The standard InChI is InChI=1S/C15H19NO3Se/c1-4-18-15(17)14-9-11-5-6-12(10-13(11)20-14)19-8-7-16(2)3/h5-6,9-10H,4,7-8H2,1-3H3. The van der Waals surface area contributed by atoms with Gasteiger partial charge in [0.2, 0.25) is 0 Å². The molecule has 0 aliphatic carbocycles. The van der Waals surface area contributed by atoms with Crippen molar-refractivity contribution >= 4 is 30.1 Å². The van der Waals surface area contributed by atoms with Gasteiger partial charge >= 0.3 is 125 Å². The van der Waals surface area contributed by atoms with E-state index in [1.54, 1.807) is 0 Å². The number of ether oxygens (including phenoxy) is 2. The van der Waals surface area contributed by atoms with E-state index >= 15 is 0 Å². The van der Waals surface area contributed by atoms with Gasteiger partial charge in [0.25, 0.3) is 0 Å². The number of carbonyl (C=O) groups is 1. The summed E-state index contributed by atoms with van der Waals surface area (Å²) in [6.07, 6.45) is 0. The van der Waals surface area contributed by atoms with Crippen LogP contribution in [0.1, 0.15) is 16.2 Å². The first-order valence-corrected chi connectivity index (χ1v) is 8.29. The van der Waals surface area contributed by atoms with Crippen LogP contribution in [-0.2, 0) is 4.74 Å². The zero-order valence-corrected chi connectivity index (χ0v) is 13.7. The molecule has 0 N–H and O–H groups in total. The average Bonchev–Trinajstić information content (AvgIpc) is 2.81. The zero-order valence-electron chi connectivity index (χ0n) is 12.0. The number of fused-ring (bicyclic) bond motifs is 1. The summed E-state index contributed by atoms with van der Waals surface area (Å²) < 4.78 is 12.7. The molecule has 1 aromatic heterocycles. The molecule has 1 heterocycles. The molecule has 0 saturated carbocycles. The Hall–Kier alpha value is -1.29. The summed E-state index contributed by atoms with van der Waals surface area (Å²) in [4.78, 5) is 13.8. The van der Waals surface area contributed by atoms with Gasteiger partial charge < -0.3 is 0 Å². The second kappa shape index (κ2) is 6.93. The van der Waals surface area contributed by atoms with Gasteiger partial charge in [-0.3, -0.25) is 0 Å². The maximum absolute atomic E-state index is 11.7. The third-order valence-corrected chi connectivity index (χ3v) is 5.04. The molecule has 0 bridgehead atoms. The van der Waals surface area contributed by atoms with Crippen molar-refractivity contribution in [3.05, 3.63) is 28.7 Å². The number of carbonyl (C=O) groups excluding carboxylic acids is 1.